The van der Waals surface area contributed by atoms with Crippen LogP contribution in [0.3, 0.4) is 0 Å². The van der Waals surface area contributed by atoms with E-state index in [1.807, 2.05) is 5.38 Å². The number of aromatic nitrogens is 1. The molecular formula is C12H18ClN3O2S. The highest BCUT2D eigenvalue weighted by molar-refractivity contribution is 7.14. The first-order valence-corrected chi connectivity index (χ1v) is 7.19. The first-order valence-electron chi connectivity index (χ1n) is 6.31. The molecule has 0 atom stereocenters. The number of hydrogen-bond donors (Lipinski definition) is 2. The molecule has 0 unspecified atom stereocenters. The summed E-state index contributed by atoms with van der Waals surface area (Å²) < 4.78 is 5.24. The van der Waals surface area contributed by atoms with Crippen molar-refractivity contribution in [3.05, 3.63) is 11.1 Å². The smallest absolute Gasteiger partial charge is 0.246 e. The molecule has 1 amide bonds. The predicted octanol–water partition coefficient (Wildman–Crippen LogP) is 1.89. The Labute approximate surface area is 122 Å². The normalized spacial score (nSPS) is 21.5. The number of halogens is 1. The lowest BCUT2D eigenvalue weighted by Crippen LogP contribution is -2.54. The van der Waals surface area contributed by atoms with Gasteiger partial charge in [0, 0.05) is 24.5 Å². The first kappa shape index (κ1) is 14.7. The molecule has 0 aromatic carbocycles. The van der Waals surface area contributed by atoms with Gasteiger partial charge in [0.05, 0.1) is 5.69 Å². The monoisotopic (exact) mass is 303 g/mol. The van der Waals surface area contributed by atoms with Crippen molar-refractivity contribution in [3.63, 3.8) is 0 Å². The van der Waals surface area contributed by atoms with Crippen LogP contribution in [-0.4, -0.2) is 29.6 Å². The molecule has 1 saturated heterocycles. The maximum absolute atomic E-state index is 12.2. The van der Waals surface area contributed by atoms with E-state index in [0.717, 1.165) is 5.69 Å². The molecule has 1 aliphatic heterocycles. The van der Waals surface area contributed by atoms with E-state index in [-0.39, 0.29) is 18.3 Å². The van der Waals surface area contributed by atoms with Crippen LogP contribution in [0.2, 0.25) is 0 Å². The van der Waals surface area contributed by atoms with Crippen LogP contribution >= 0.6 is 23.7 Å². The number of thiazole rings is 1. The zero-order valence-electron chi connectivity index (χ0n) is 10.6. The number of carbonyl (C=O) groups is 1. The number of nitrogens with zero attached hydrogens (tertiary/aromatic N) is 1. The van der Waals surface area contributed by atoms with E-state index in [9.17, 15) is 4.79 Å². The van der Waals surface area contributed by atoms with Crippen LogP contribution in [0.4, 0.5) is 5.13 Å². The molecule has 3 N–H and O–H groups in total. The summed E-state index contributed by atoms with van der Waals surface area (Å²) in [4.78, 5) is 16.6. The maximum atomic E-state index is 12.2. The highest BCUT2D eigenvalue weighted by Gasteiger charge is 2.36. The van der Waals surface area contributed by atoms with E-state index in [1.165, 1.54) is 24.2 Å². The van der Waals surface area contributed by atoms with E-state index >= 15 is 0 Å². The van der Waals surface area contributed by atoms with E-state index < -0.39 is 5.54 Å². The fraction of sp³-hybridized carbons (Fsp3) is 0.667. The molecule has 0 radical (unpaired) electrons. The molecule has 106 valence electrons. The lowest BCUT2D eigenvalue weighted by Gasteiger charge is -2.31. The van der Waals surface area contributed by atoms with Gasteiger partial charge in [-0.1, -0.05) is 0 Å². The quantitative estimate of drug-likeness (QED) is 0.894. The van der Waals surface area contributed by atoms with Crippen LogP contribution in [-0.2, 0) is 9.53 Å². The zero-order valence-corrected chi connectivity index (χ0v) is 12.2. The Morgan fingerprint density at radius 2 is 2.16 bits per heavy atom. The van der Waals surface area contributed by atoms with E-state index in [2.05, 4.69) is 10.3 Å². The second-order valence-electron chi connectivity index (χ2n) is 5.07. The number of anilines is 1. The molecule has 1 aliphatic carbocycles. The lowest BCUT2D eigenvalue weighted by molar-refractivity contribution is -0.124. The number of amides is 1. The number of hydrogen-bond acceptors (Lipinski definition) is 5. The molecule has 1 aromatic rings. The number of rotatable bonds is 3. The predicted molar refractivity (Wildman–Crippen MR) is 76.9 cm³/mol. The third-order valence-electron chi connectivity index (χ3n) is 3.58. The summed E-state index contributed by atoms with van der Waals surface area (Å²) in [5.74, 6) is 0.476. The molecule has 2 aliphatic rings. The highest BCUT2D eigenvalue weighted by atomic mass is 35.5. The van der Waals surface area contributed by atoms with Gasteiger partial charge in [-0.3, -0.25) is 4.79 Å². The topological polar surface area (TPSA) is 77.2 Å². The standard InChI is InChI=1S/C12H17N3O2S.ClH/c13-12(3-5-17-6-4-12)10(16)15-11-14-9(7-18-11)8-1-2-8;/h7-8H,1-6,13H2,(H,14,15,16);1H. The van der Waals surface area contributed by atoms with Crippen molar-refractivity contribution in [2.45, 2.75) is 37.1 Å². The van der Waals surface area contributed by atoms with Gasteiger partial charge >= 0.3 is 0 Å². The summed E-state index contributed by atoms with van der Waals surface area (Å²) in [6.07, 6.45) is 3.57. The Hall–Kier alpha value is -0.690. The molecule has 1 aromatic heterocycles. The van der Waals surface area contributed by atoms with Crippen LogP contribution in [0, 0.1) is 0 Å². The molecule has 5 nitrogen and oxygen atoms in total. The van der Waals surface area contributed by atoms with E-state index in [4.69, 9.17) is 10.5 Å². The Bertz CT molecular complexity index is 456. The fourth-order valence-corrected chi connectivity index (χ4v) is 2.88. The summed E-state index contributed by atoms with van der Waals surface area (Å²) in [5, 5.41) is 5.54. The highest BCUT2D eigenvalue weighted by Crippen LogP contribution is 2.41. The summed E-state index contributed by atoms with van der Waals surface area (Å²) >= 11 is 1.48. The molecule has 2 heterocycles. The Kier molecular flexibility index (Phi) is 4.45. The van der Waals surface area contributed by atoms with Gasteiger partial charge in [0.15, 0.2) is 5.13 Å². The Balaban J connectivity index is 0.00000133. The van der Waals surface area contributed by atoms with Gasteiger partial charge in [-0.2, -0.15) is 0 Å². The minimum absolute atomic E-state index is 0. The summed E-state index contributed by atoms with van der Waals surface area (Å²) in [5.41, 5.74) is 6.42. The van der Waals surface area contributed by atoms with Gasteiger partial charge in [0.2, 0.25) is 5.91 Å². The molecule has 0 spiro atoms. The largest absolute Gasteiger partial charge is 0.381 e. The van der Waals surface area contributed by atoms with E-state index in [0.29, 0.717) is 37.1 Å². The van der Waals surface area contributed by atoms with Crippen molar-refractivity contribution in [1.29, 1.82) is 0 Å². The van der Waals surface area contributed by atoms with Gasteiger partial charge in [0.25, 0.3) is 0 Å². The van der Waals surface area contributed by atoms with Gasteiger partial charge in [0.1, 0.15) is 5.54 Å². The minimum atomic E-state index is -0.802. The second kappa shape index (κ2) is 5.75. The van der Waals surface area contributed by atoms with Crippen molar-refractivity contribution in [3.8, 4) is 0 Å². The number of carbonyl (C=O) groups excluding carboxylic acids is 1. The van der Waals surface area contributed by atoms with Gasteiger partial charge in [-0.25, -0.2) is 4.98 Å². The lowest BCUT2D eigenvalue weighted by atomic mass is 9.90. The first-order chi connectivity index (χ1) is 8.67. The third-order valence-corrected chi connectivity index (χ3v) is 4.35. The number of ether oxygens (including phenoxy) is 1. The van der Waals surface area contributed by atoms with Crippen molar-refractivity contribution >= 4 is 34.8 Å². The molecule has 0 bridgehead atoms. The number of nitrogens with two attached hydrogens (primary N) is 1. The molecule has 1 saturated carbocycles. The van der Waals surface area contributed by atoms with Crippen molar-refractivity contribution < 1.29 is 9.53 Å². The van der Waals surface area contributed by atoms with Crippen molar-refractivity contribution in [2.75, 3.05) is 18.5 Å². The van der Waals surface area contributed by atoms with Crippen LogP contribution < -0.4 is 11.1 Å². The fourth-order valence-electron chi connectivity index (χ4n) is 2.09. The van der Waals surface area contributed by atoms with Gasteiger partial charge in [-0.15, -0.1) is 23.7 Å². The van der Waals surface area contributed by atoms with Crippen LogP contribution in [0.1, 0.15) is 37.3 Å². The van der Waals surface area contributed by atoms with Crippen molar-refractivity contribution in [1.82, 2.24) is 4.98 Å². The third kappa shape index (κ3) is 3.25. The SMILES string of the molecule is Cl.NC1(C(=O)Nc2nc(C3CC3)cs2)CCOCC1. The molecule has 3 rings (SSSR count). The average molecular weight is 304 g/mol. The summed E-state index contributed by atoms with van der Waals surface area (Å²) in [7, 11) is 0. The Morgan fingerprint density at radius 3 is 2.79 bits per heavy atom. The van der Waals surface area contributed by atoms with Gasteiger partial charge < -0.3 is 15.8 Å². The molecule has 7 heteroatoms. The average Bonchev–Trinajstić information content (AvgIpc) is 3.11. The van der Waals surface area contributed by atoms with Gasteiger partial charge in [-0.05, 0) is 25.7 Å². The summed E-state index contributed by atoms with van der Waals surface area (Å²) in [6, 6.07) is 0. The number of nitrogens with one attached hydrogen (secondary N) is 1. The molecular weight excluding hydrogens is 286 g/mol. The van der Waals surface area contributed by atoms with Crippen LogP contribution in [0.25, 0.3) is 0 Å². The molecule has 2 fully saturated rings. The van der Waals surface area contributed by atoms with Crippen LogP contribution in [0.5, 0.6) is 0 Å². The second-order valence-corrected chi connectivity index (χ2v) is 5.93. The van der Waals surface area contributed by atoms with Crippen molar-refractivity contribution in [2.24, 2.45) is 5.73 Å². The van der Waals surface area contributed by atoms with Crippen LogP contribution in [0.15, 0.2) is 5.38 Å². The Morgan fingerprint density at radius 1 is 1.47 bits per heavy atom. The maximum Gasteiger partial charge on any atom is 0.246 e. The van der Waals surface area contributed by atoms with E-state index in [1.54, 1.807) is 0 Å². The minimum Gasteiger partial charge on any atom is -0.381 e. The zero-order chi connectivity index (χ0) is 12.6. The summed E-state index contributed by atoms with van der Waals surface area (Å²) in [6.45, 7) is 1.10. The molecule has 19 heavy (non-hydrogen) atoms.